The molecule has 4 nitrogen and oxygen atoms in total. The molecule has 1 amide bonds. The van der Waals surface area contributed by atoms with E-state index >= 15 is 0 Å². The zero-order valence-electron chi connectivity index (χ0n) is 13.9. The van der Waals surface area contributed by atoms with E-state index in [1.165, 1.54) is 5.56 Å². The molecule has 4 heteroatoms. The monoisotopic (exact) mass is 317 g/mol. The number of nitrogens with two attached hydrogens (primary N) is 1. The predicted molar refractivity (Wildman–Crippen MR) is 89.6 cm³/mol. The van der Waals surface area contributed by atoms with E-state index in [4.69, 9.17) is 10.5 Å². The Balaban J connectivity index is 2.07. The minimum Gasteiger partial charge on any atom is -0.466 e. The maximum absolute atomic E-state index is 12.3. The highest BCUT2D eigenvalue weighted by Crippen LogP contribution is 2.44. The smallest absolute Gasteiger partial charge is 0.308 e. The number of carbonyl (C=O) groups excluding carboxylic acids is 2. The number of aryl methyl sites for hydroxylation is 1. The summed E-state index contributed by atoms with van der Waals surface area (Å²) < 4.78 is 5.24. The lowest BCUT2D eigenvalue weighted by molar-refractivity contribution is -0.150. The summed E-state index contributed by atoms with van der Waals surface area (Å²) in [7, 11) is 0. The number of amides is 1. The van der Waals surface area contributed by atoms with Gasteiger partial charge >= 0.3 is 5.97 Å². The topological polar surface area (TPSA) is 69.4 Å². The van der Waals surface area contributed by atoms with Crippen LogP contribution < -0.4 is 5.73 Å². The standard InChI is InChI=1S/C19H27NO3/c1-2-23-17(21)16(11-10-15-8-4-3-5-9-15)14-19(18(20)22)12-6-7-13-19/h3-5,8-9,16H,2,6-7,10-14H2,1H3,(H2,20,22)/t16-/m1/s1. The molecule has 0 heterocycles. The molecular formula is C19H27NO3. The maximum atomic E-state index is 12.3. The van der Waals surface area contributed by atoms with E-state index in [2.05, 4.69) is 12.1 Å². The molecule has 0 aromatic heterocycles. The van der Waals surface area contributed by atoms with E-state index in [0.29, 0.717) is 19.4 Å². The van der Waals surface area contributed by atoms with Gasteiger partial charge in [-0.05, 0) is 44.6 Å². The van der Waals surface area contributed by atoms with Crippen LogP contribution in [0, 0.1) is 11.3 Å². The van der Waals surface area contributed by atoms with Gasteiger partial charge in [0.15, 0.2) is 0 Å². The Morgan fingerprint density at radius 1 is 1.22 bits per heavy atom. The Hall–Kier alpha value is -1.84. The SMILES string of the molecule is CCOC(=O)[C@H](CCc1ccccc1)CC1(C(N)=O)CCCC1. The number of rotatable bonds is 8. The van der Waals surface area contributed by atoms with Crippen molar-refractivity contribution in [2.75, 3.05) is 6.61 Å². The zero-order chi connectivity index (χ0) is 16.7. The van der Waals surface area contributed by atoms with E-state index in [1.807, 2.05) is 25.1 Å². The minimum atomic E-state index is -0.520. The number of primary amides is 1. The van der Waals surface area contributed by atoms with Crippen molar-refractivity contribution in [3.05, 3.63) is 35.9 Å². The van der Waals surface area contributed by atoms with E-state index in [-0.39, 0.29) is 17.8 Å². The van der Waals surface area contributed by atoms with Crippen molar-refractivity contribution in [3.63, 3.8) is 0 Å². The first-order valence-corrected chi connectivity index (χ1v) is 8.58. The fourth-order valence-corrected chi connectivity index (χ4v) is 3.62. The third-order valence-corrected chi connectivity index (χ3v) is 4.96. The first-order valence-electron chi connectivity index (χ1n) is 8.58. The molecule has 1 aromatic rings. The molecule has 23 heavy (non-hydrogen) atoms. The lowest BCUT2D eigenvalue weighted by Crippen LogP contribution is -2.38. The van der Waals surface area contributed by atoms with Gasteiger partial charge in [-0.1, -0.05) is 43.2 Å². The highest BCUT2D eigenvalue weighted by molar-refractivity contribution is 5.82. The van der Waals surface area contributed by atoms with Gasteiger partial charge < -0.3 is 10.5 Å². The minimum absolute atomic E-state index is 0.198. The molecule has 0 aliphatic heterocycles. The Labute approximate surface area is 138 Å². The van der Waals surface area contributed by atoms with Crippen LogP contribution in [0.5, 0.6) is 0 Å². The van der Waals surface area contributed by atoms with Gasteiger partial charge in [0.05, 0.1) is 12.5 Å². The zero-order valence-corrected chi connectivity index (χ0v) is 13.9. The van der Waals surface area contributed by atoms with Crippen LogP contribution in [-0.4, -0.2) is 18.5 Å². The Bertz CT molecular complexity index is 521. The molecule has 2 N–H and O–H groups in total. The summed E-state index contributed by atoms with van der Waals surface area (Å²) in [6.45, 7) is 2.18. The van der Waals surface area contributed by atoms with Crippen molar-refractivity contribution in [2.45, 2.75) is 51.9 Å². The quantitative estimate of drug-likeness (QED) is 0.748. The fraction of sp³-hybridized carbons (Fsp3) is 0.579. The molecule has 126 valence electrons. The third-order valence-electron chi connectivity index (χ3n) is 4.96. The number of hydrogen-bond donors (Lipinski definition) is 1. The summed E-state index contributed by atoms with van der Waals surface area (Å²) in [5, 5.41) is 0. The van der Waals surface area contributed by atoms with Crippen LogP contribution in [-0.2, 0) is 20.7 Å². The van der Waals surface area contributed by atoms with E-state index in [9.17, 15) is 9.59 Å². The van der Waals surface area contributed by atoms with Crippen LogP contribution in [0.2, 0.25) is 0 Å². The van der Waals surface area contributed by atoms with E-state index < -0.39 is 5.41 Å². The number of ether oxygens (including phenoxy) is 1. The molecule has 1 saturated carbocycles. The van der Waals surface area contributed by atoms with Gasteiger partial charge in [0.1, 0.15) is 0 Å². The molecule has 1 aliphatic carbocycles. The summed E-state index contributed by atoms with van der Waals surface area (Å²) in [6.07, 6.45) is 5.63. The van der Waals surface area contributed by atoms with Crippen molar-refractivity contribution >= 4 is 11.9 Å². The van der Waals surface area contributed by atoms with Gasteiger partial charge in [0, 0.05) is 5.41 Å². The Morgan fingerprint density at radius 2 is 1.87 bits per heavy atom. The van der Waals surface area contributed by atoms with Crippen LogP contribution in [0.4, 0.5) is 0 Å². The molecule has 2 rings (SSSR count). The van der Waals surface area contributed by atoms with Crippen molar-refractivity contribution in [1.82, 2.24) is 0 Å². The number of hydrogen-bond acceptors (Lipinski definition) is 3. The Morgan fingerprint density at radius 3 is 2.43 bits per heavy atom. The molecule has 0 saturated heterocycles. The molecule has 1 aromatic carbocycles. The van der Waals surface area contributed by atoms with Gasteiger partial charge in [0.2, 0.25) is 5.91 Å². The predicted octanol–water partition coefficient (Wildman–Crippen LogP) is 3.23. The molecule has 0 unspecified atom stereocenters. The number of carbonyl (C=O) groups is 2. The molecule has 1 atom stereocenters. The molecule has 0 bridgehead atoms. The van der Waals surface area contributed by atoms with E-state index in [0.717, 1.165) is 32.1 Å². The Kier molecular flexibility index (Phi) is 6.20. The summed E-state index contributed by atoms with van der Waals surface area (Å²) >= 11 is 0. The van der Waals surface area contributed by atoms with Crippen LogP contribution in [0.15, 0.2) is 30.3 Å². The van der Waals surface area contributed by atoms with E-state index in [1.54, 1.807) is 0 Å². The highest BCUT2D eigenvalue weighted by atomic mass is 16.5. The average molecular weight is 317 g/mol. The molecule has 1 fully saturated rings. The van der Waals surface area contributed by atoms with Gasteiger partial charge in [-0.3, -0.25) is 9.59 Å². The van der Waals surface area contributed by atoms with Gasteiger partial charge in [0.25, 0.3) is 0 Å². The summed E-state index contributed by atoms with van der Waals surface area (Å²) in [5.41, 5.74) is 6.35. The molecular weight excluding hydrogens is 290 g/mol. The van der Waals surface area contributed by atoms with Crippen molar-refractivity contribution in [3.8, 4) is 0 Å². The van der Waals surface area contributed by atoms with Crippen LogP contribution in [0.1, 0.15) is 51.0 Å². The van der Waals surface area contributed by atoms with Crippen molar-refractivity contribution in [1.29, 1.82) is 0 Å². The average Bonchev–Trinajstić information content (AvgIpc) is 3.02. The summed E-state index contributed by atoms with van der Waals surface area (Å²) in [5.74, 6) is -0.722. The van der Waals surface area contributed by atoms with Gasteiger partial charge in [-0.25, -0.2) is 0 Å². The number of esters is 1. The van der Waals surface area contributed by atoms with Gasteiger partial charge in [-0.15, -0.1) is 0 Å². The lowest BCUT2D eigenvalue weighted by Gasteiger charge is -2.29. The maximum Gasteiger partial charge on any atom is 0.308 e. The van der Waals surface area contributed by atoms with Crippen molar-refractivity contribution < 1.29 is 14.3 Å². The normalized spacial score (nSPS) is 17.6. The first kappa shape index (κ1) is 17.5. The second kappa shape index (κ2) is 8.14. The summed E-state index contributed by atoms with van der Waals surface area (Å²) in [4.78, 5) is 24.3. The molecule has 0 spiro atoms. The van der Waals surface area contributed by atoms with Crippen LogP contribution >= 0.6 is 0 Å². The highest BCUT2D eigenvalue weighted by Gasteiger charge is 2.42. The largest absolute Gasteiger partial charge is 0.466 e. The molecule has 1 aliphatic rings. The number of benzene rings is 1. The third kappa shape index (κ3) is 4.57. The molecule has 0 radical (unpaired) electrons. The second-order valence-electron chi connectivity index (χ2n) is 6.53. The lowest BCUT2D eigenvalue weighted by atomic mass is 9.75. The summed E-state index contributed by atoms with van der Waals surface area (Å²) in [6, 6.07) is 10.1. The van der Waals surface area contributed by atoms with Crippen LogP contribution in [0.3, 0.4) is 0 Å². The fourth-order valence-electron chi connectivity index (χ4n) is 3.62. The van der Waals surface area contributed by atoms with Crippen molar-refractivity contribution in [2.24, 2.45) is 17.1 Å². The van der Waals surface area contributed by atoms with Crippen LogP contribution in [0.25, 0.3) is 0 Å². The first-order chi connectivity index (χ1) is 11.1. The second-order valence-corrected chi connectivity index (χ2v) is 6.53. The van der Waals surface area contributed by atoms with Gasteiger partial charge in [-0.2, -0.15) is 0 Å².